The molecule has 2 heterocycles. The predicted octanol–water partition coefficient (Wildman–Crippen LogP) is 14.5. The average molecular weight is 699 g/mol. The van der Waals surface area contributed by atoms with E-state index in [0.717, 1.165) is 12.8 Å². The van der Waals surface area contributed by atoms with Crippen LogP contribution in [-0.2, 0) is 6.42 Å². The van der Waals surface area contributed by atoms with Gasteiger partial charge in [-0.2, -0.15) is 0 Å². The Morgan fingerprint density at radius 2 is 1.11 bits per heavy atom. The second kappa shape index (κ2) is 14.4. The van der Waals surface area contributed by atoms with Gasteiger partial charge >= 0.3 is 0 Å². The molecule has 264 valence electrons. The van der Waals surface area contributed by atoms with E-state index in [1.165, 1.54) is 101 Å². The van der Waals surface area contributed by atoms with Crippen molar-refractivity contribution in [2.45, 2.75) is 52.5 Å². The summed E-state index contributed by atoms with van der Waals surface area (Å²) in [6.45, 7) is 6.20. The highest BCUT2D eigenvalue weighted by Crippen LogP contribution is 2.41. The first kappa shape index (κ1) is 33.7. The molecule has 0 aliphatic heterocycles. The molecular weight excluding hydrogens is 653 g/mol. The van der Waals surface area contributed by atoms with Gasteiger partial charge in [-0.05, 0) is 115 Å². The summed E-state index contributed by atoms with van der Waals surface area (Å²) in [5, 5.41) is 5.20. The molecular formula is C52H46N2. The molecule has 0 fully saturated rings. The molecule has 0 saturated heterocycles. The summed E-state index contributed by atoms with van der Waals surface area (Å²) in [7, 11) is 0. The van der Waals surface area contributed by atoms with Crippen molar-refractivity contribution in [3.05, 3.63) is 187 Å². The van der Waals surface area contributed by atoms with Crippen molar-refractivity contribution in [3.8, 4) is 27.9 Å². The molecule has 0 saturated carbocycles. The van der Waals surface area contributed by atoms with Gasteiger partial charge in [-0.25, -0.2) is 0 Å². The number of benzene rings is 6. The summed E-state index contributed by atoms with van der Waals surface area (Å²) >= 11 is 0. The lowest BCUT2D eigenvalue weighted by Gasteiger charge is -2.20. The fourth-order valence-electron chi connectivity index (χ4n) is 8.76. The molecule has 2 heteroatoms. The Labute approximate surface area is 318 Å². The number of hydrogen-bond acceptors (Lipinski definition) is 0. The first-order valence-corrected chi connectivity index (χ1v) is 19.7. The first-order chi connectivity index (χ1) is 26.7. The third-order valence-electron chi connectivity index (χ3n) is 11.2. The van der Waals surface area contributed by atoms with E-state index in [4.69, 9.17) is 0 Å². The van der Waals surface area contributed by atoms with Crippen molar-refractivity contribution in [1.29, 1.82) is 0 Å². The second-order valence-corrected chi connectivity index (χ2v) is 14.4. The molecule has 0 N–H and O–H groups in total. The van der Waals surface area contributed by atoms with Crippen LogP contribution >= 0.6 is 0 Å². The third kappa shape index (κ3) is 5.83. The van der Waals surface area contributed by atoms with E-state index in [1.54, 1.807) is 0 Å². The zero-order valence-electron chi connectivity index (χ0n) is 31.5. The Balaban J connectivity index is 0.000000435. The molecule has 3 aliphatic rings. The lowest BCUT2D eigenvalue weighted by atomic mass is 10.0. The van der Waals surface area contributed by atoms with Crippen molar-refractivity contribution in [2.75, 3.05) is 0 Å². The van der Waals surface area contributed by atoms with Gasteiger partial charge in [0.1, 0.15) is 0 Å². The van der Waals surface area contributed by atoms with Gasteiger partial charge in [-0.15, -0.1) is 0 Å². The van der Waals surface area contributed by atoms with Crippen molar-refractivity contribution in [1.82, 2.24) is 9.13 Å². The van der Waals surface area contributed by atoms with Crippen molar-refractivity contribution >= 4 is 43.6 Å². The third-order valence-corrected chi connectivity index (χ3v) is 11.2. The minimum atomic E-state index is 0.327. The Morgan fingerprint density at radius 3 is 1.83 bits per heavy atom. The van der Waals surface area contributed by atoms with Gasteiger partial charge in [-0.3, -0.25) is 0 Å². The summed E-state index contributed by atoms with van der Waals surface area (Å²) in [4.78, 5) is 0. The van der Waals surface area contributed by atoms with E-state index < -0.39 is 0 Å². The van der Waals surface area contributed by atoms with E-state index in [1.807, 2.05) is 13.8 Å². The molecule has 0 spiro atoms. The van der Waals surface area contributed by atoms with Crippen LogP contribution in [0.3, 0.4) is 0 Å². The van der Waals surface area contributed by atoms with Crippen molar-refractivity contribution in [2.24, 2.45) is 0 Å². The molecule has 1 unspecified atom stereocenters. The van der Waals surface area contributed by atoms with Crippen LogP contribution in [0, 0.1) is 0 Å². The topological polar surface area (TPSA) is 9.86 Å². The Morgan fingerprint density at radius 1 is 0.519 bits per heavy atom. The van der Waals surface area contributed by atoms with E-state index in [9.17, 15) is 0 Å². The second-order valence-electron chi connectivity index (χ2n) is 14.4. The molecule has 0 amide bonds. The Hall–Kier alpha value is -6.12. The largest absolute Gasteiger partial charge is 0.333 e. The molecule has 1 atom stereocenters. The van der Waals surface area contributed by atoms with Crippen LogP contribution < -0.4 is 0 Å². The van der Waals surface area contributed by atoms with Crippen LogP contribution in [0.1, 0.15) is 57.2 Å². The smallest absolute Gasteiger partial charge is 0.0562 e. The van der Waals surface area contributed by atoms with E-state index >= 15 is 0 Å². The molecule has 6 aromatic carbocycles. The Kier molecular flexibility index (Phi) is 8.97. The zero-order valence-corrected chi connectivity index (χ0v) is 31.5. The predicted molar refractivity (Wildman–Crippen MR) is 233 cm³/mol. The summed E-state index contributed by atoms with van der Waals surface area (Å²) in [5.74, 6) is 0. The minimum Gasteiger partial charge on any atom is -0.333 e. The highest BCUT2D eigenvalue weighted by molar-refractivity contribution is 6.12. The van der Waals surface area contributed by atoms with Crippen LogP contribution in [0.4, 0.5) is 0 Å². The summed E-state index contributed by atoms with van der Waals surface area (Å²) in [6.07, 6.45) is 20.0. The maximum Gasteiger partial charge on any atom is 0.0562 e. The van der Waals surface area contributed by atoms with Crippen LogP contribution in [0.15, 0.2) is 175 Å². The van der Waals surface area contributed by atoms with Gasteiger partial charge in [0.2, 0.25) is 0 Å². The SMILES string of the molecule is C1=CCCC=C1.CC.CC1=CC(n2c3ccccc3c3cc(-c4ccc5c(c4)c4ccccc4n5-c4ccc5c(c4)-c4ccccc4C5)ccc32)CC=C1. The lowest BCUT2D eigenvalue weighted by molar-refractivity contribution is 0.643. The monoisotopic (exact) mass is 698 g/mol. The van der Waals surface area contributed by atoms with Gasteiger partial charge in [0.05, 0.1) is 17.1 Å². The molecule has 8 aromatic rings. The van der Waals surface area contributed by atoms with Gasteiger partial charge in [0, 0.05) is 38.3 Å². The van der Waals surface area contributed by atoms with Gasteiger partial charge < -0.3 is 9.13 Å². The molecule has 3 aliphatic carbocycles. The van der Waals surface area contributed by atoms with Gasteiger partial charge in [-0.1, -0.05) is 141 Å². The number of hydrogen-bond donors (Lipinski definition) is 0. The highest BCUT2D eigenvalue weighted by atomic mass is 15.0. The van der Waals surface area contributed by atoms with Crippen LogP contribution in [0.25, 0.3) is 71.6 Å². The van der Waals surface area contributed by atoms with Gasteiger partial charge in [0.15, 0.2) is 0 Å². The maximum atomic E-state index is 2.53. The van der Waals surface area contributed by atoms with Crippen LogP contribution in [-0.4, -0.2) is 9.13 Å². The standard InChI is InChI=1S/C44H32N2.C6H8.C2H6/c1-28-9-8-11-33(23-28)45-41-15-6-4-13-36(41)39-25-29(18-21-43(39)45)30-19-22-44-40(26-30)37-14-5-7-16-42(37)46(44)34-20-17-32-24-31-10-2-3-12-35(31)38(32)27-34;1-2-4-6-5-3-1;1-2/h2-10,12-23,25-27,33H,11,24H2,1H3;1-4H,5-6H2;1-2H3. The van der Waals surface area contributed by atoms with Crippen molar-refractivity contribution < 1.29 is 0 Å². The zero-order chi connectivity index (χ0) is 36.6. The number of rotatable bonds is 3. The van der Waals surface area contributed by atoms with E-state index in [-0.39, 0.29) is 0 Å². The van der Waals surface area contributed by atoms with Crippen LogP contribution in [0.2, 0.25) is 0 Å². The molecule has 2 aromatic heterocycles. The number of fused-ring (bicyclic) bond motifs is 9. The average Bonchev–Trinajstić information content (AvgIpc) is 3.89. The van der Waals surface area contributed by atoms with Crippen molar-refractivity contribution in [3.63, 3.8) is 0 Å². The summed E-state index contributed by atoms with van der Waals surface area (Å²) < 4.78 is 4.98. The molecule has 54 heavy (non-hydrogen) atoms. The minimum absolute atomic E-state index is 0.327. The number of allylic oxidation sites excluding steroid dienone is 8. The Bertz CT molecular complexity index is 2800. The highest BCUT2D eigenvalue weighted by Gasteiger charge is 2.21. The number of para-hydroxylation sites is 2. The van der Waals surface area contributed by atoms with E-state index in [2.05, 4.69) is 186 Å². The summed E-state index contributed by atoms with van der Waals surface area (Å²) in [6, 6.07) is 48.0. The first-order valence-electron chi connectivity index (χ1n) is 19.7. The molecule has 11 rings (SSSR count). The fraction of sp³-hybridized carbons (Fsp3) is 0.154. The van der Waals surface area contributed by atoms with Gasteiger partial charge in [0.25, 0.3) is 0 Å². The normalized spacial score (nSPS) is 15.5. The quantitative estimate of drug-likeness (QED) is 0.174. The maximum absolute atomic E-state index is 2.53. The molecule has 2 nitrogen and oxygen atoms in total. The lowest BCUT2D eigenvalue weighted by Crippen LogP contribution is -2.07. The molecule has 0 radical (unpaired) electrons. The molecule has 0 bridgehead atoms. The fourth-order valence-corrected chi connectivity index (χ4v) is 8.76. The van der Waals surface area contributed by atoms with E-state index in [0.29, 0.717) is 6.04 Å². The number of nitrogens with zero attached hydrogens (tertiary/aromatic N) is 2. The van der Waals surface area contributed by atoms with Crippen LogP contribution in [0.5, 0.6) is 0 Å². The summed E-state index contributed by atoms with van der Waals surface area (Å²) in [5.41, 5.74) is 15.7. The number of aromatic nitrogens is 2.